The van der Waals surface area contributed by atoms with Crippen molar-refractivity contribution in [3.8, 4) is 5.75 Å². The second-order valence-corrected chi connectivity index (χ2v) is 10.4. The number of aliphatic hydroxyl groups excluding tert-OH is 1. The number of ether oxygens (including phenoxy) is 1. The van der Waals surface area contributed by atoms with Crippen molar-refractivity contribution in [3.63, 3.8) is 0 Å². The van der Waals surface area contributed by atoms with Crippen molar-refractivity contribution in [2.24, 2.45) is 10.9 Å². The van der Waals surface area contributed by atoms with Crippen molar-refractivity contribution >= 4 is 23.5 Å². The van der Waals surface area contributed by atoms with Gasteiger partial charge in [-0.25, -0.2) is 4.99 Å². The van der Waals surface area contributed by atoms with Crippen molar-refractivity contribution in [2.75, 3.05) is 26.3 Å². The van der Waals surface area contributed by atoms with E-state index in [1.807, 2.05) is 28.0 Å². The van der Waals surface area contributed by atoms with Gasteiger partial charge in [-0.05, 0) is 62.6 Å². The average molecular weight is 499 g/mol. The number of hydrogen-bond donors (Lipinski definition) is 2. The van der Waals surface area contributed by atoms with Crippen LogP contribution in [0.15, 0.2) is 23.2 Å². The predicted molar refractivity (Wildman–Crippen MR) is 140 cm³/mol. The summed E-state index contributed by atoms with van der Waals surface area (Å²) in [5, 5.41) is 12.4. The van der Waals surface area contributed by atoms with Crippen molar-refractivity contribution in [1.29, 1.82) is 0 Å². The van der Waals surface area contributed by atoms with Gasteiger partial charge in [0.05, 0.1) is 18.9 Å². The molecule has 2 amide bonds. The number of nitrogens with one attached hydrogen (secondary N) is 1. The lowest BCUT2D eigenvalue weighted by atomic mass is 9.81. The van der Waals surface area contributed by atoms with E-state index in [0.29, 0.717) is 44.5 Å². The first kappa shape index (κ1) is 26.5. The lowest BCUT2D eigenvalue weighted by Gasteiger charge is -2.39. The van der Waals surface area contributed by atoms with E-state index in [1.165, 1.54) is 32.1 Å². The fraction of sp³-hybridized carbons (Fsp3) is 0.679. The number of carbonyl (C=O) groups is 2. The molecule has 1 unspecified atom stereocenters. The number of unbranched alkanes of at least 4 members (excludes halogenated alkanes) is 2. The first-order valence-electron chi connectivity index (χ1n) is 13.9. The summed E-state index contributed by atoms with van der Waals surface area (Å²) in [6.07, 6.45) is 11.5. The number of carbonyl (C=O) groups excluding carboxylic acids is 2. The summed E-state index contributed by atoms with van der Waals surface area (Å²) >= 11 is 0. The van der Waals surface area contributed by atoms with Crippen molar-refractivity contribution < 1.29 is 19.4 Å². The maximum absolute atomic E-state index is 13.1. The second kappa shape index (κ2) is 13.1. The number of guanidine groups is 1. The molecule has 4 rings (SSSR count). The van der Waals surface area contributed by atoms with E-state index in [4.69, 9.17) is 4.74 Å². The van der Waals surface area contributed by atoms with Gasteiger partial charge in [-0.15, -0.1) is 0 Å². The smallest absolute Gasteiger partial charge is 0.246 e. The van der Waals surface area contributed by atoms with Crippen molar-refractivity contribution in [2.45, 2.75) is 90.1 Å². The zero-order valence-electron chi connectivity index (χ0n) is 21.7. The number of aliphatic hydroxyl groups is 1. The number of fused-ring (bicyclic) bond motifs is 2. The number of hydrogen-bond acceptors (Lipinski definition) is 6. The quantitative estimate of drug-likeness (QED) is 0.399. The first-order chi connectivity index (χ1) is 17.6. The zero-order chi connectivity index (χ0) is 25.3. The standard InChI is InChI=1S/C28H42N4O4/c1-2-9-25(21-10-5-3-6-11-21)32(15-16-33)27(35)12-7-4-8-17-36-23-13-14-24-22(18-23)19-31-20-26(34)30-28(31)29-24/h13-14,18,21,25,33H,2-12,15-17,19-20H2,1H3,(H,29,30,34). The van der Waals surface area contributed by atoms with Crippen molar-refractivity contribution in [3.05, 3.63) is 23.8 Å². The van der Waals surface area contributed by atoms with Crippen LogP contribution in [0.4, 0.5) is 5.69 Å². The number of aliphatic imine (C=N–C) groups is 1. The van der Waals surface area contributed by atoms with Crippen LogP contribution < -0.4 is 10.1 Å². The van der Waals surface area contributed by atoms with Gasteiger partial charge in [0.2, 0.25) is 17.8 Å². The molecule has 36 heavy (non-hydrogen) atoms. The molecule has 3 aliphatic rings. The summed E-state index contributed by atoms with van der Waals surface area (Å²) in [6, 6.07) is 6.14. The van der Waals surface area contributed by atoms with Crippen LogP contribution in [0, 0.1) is 5.92 Å². The van der Waals surface area contributed by atoms with Crippen LogP contribution in [0.5, 0.6) is 5.75 Å². The lowest BCUT2D eigenvalue weighted by Crippen LogP contribution is -2.46. The largest absolute Gasteiger partial charge is 0.494 e. The Morgan fingerprint density at radius 2 is 2.06 bits per heavy atom. The van der Waals surface area contributed by atoms with Gasteiger partial charge >= 0.3 is 0 Å². The molecule has 0 bridgehead atoms. The molecule has 1 saturated carbocycles. The minimum absolute atomic E-state index is 0.0223. The normalized spacial score (nSPS) is 18.2. The SMILES string of the molecule is CCCC(C1CCCCC1)N(CCO)C(=O)CCCCCOc1ccc2c(c1)CN1CC(=O)NC1=N2. The van der Waals surface area contributed by atoms with E-state index in [1.54, 1.807) is 0 Å². The number of amides is 2. The van der Waals surface area contributed by atoms with E-state index < -0.39 is 0 Å². The van der Waals surface area contributed by atoms with Crippen LogP contribution in [-0.4, -0.2) is 65.0 Å². The third-order valence-corrected chi connectivity index (χ3v) is 7.67. The average Bonchev–Trinajstić information content (AvgIpc) is 3.25. The number of rotatable bonds is 13. The van der Waals surface area contributed by atoms with E-state index >= 15 is 0 Å². The molecule has 2 fully saturated rings. The molecule has 1 atom stereocenters. The van der Waals surface area contributed by atoms with Crippen LogP contribution >= 0.6 is 0 Å². The zero-order valence-corrected chi connectivity index (χ0v) is 21.7. The Kier molecular flexibility index (Phi) is 9.61. The fourth-order valence-corrected chi connectivity index (χ4v) is 5.86. The van der Waals surface area contributed by atoms with Gasteiger partial charge in [0.25, 0.3) is 0 Å². The third-order valence-electron chi connectivity index (χ3n) is 7.67. The molecule has 0 aromatic heterocycles. The molecular formula is C28H42N4O4. The maximum atomic E-state index is 13.1. The Bertz CT molecular complexity index is 928. The van der Waals surface area contributed by atoms with Crippen LogP contribution in [0.1, 0.15) is 83.1 Å². The van der Waals surface area contributed by atoms with Gasteiger partial charge in [0.1, 0.15) is 12.3 Å². The molecule has 1 aliphatic carbocycles. The van der Waals surface area contributed by atoms with Gasteiger partial charge in [0.15, 0.2) is 0 Å². The molecule has 2 aliphatic heterocycles. The Balaban J connectivity index is 1.19. The Hall–Kier alpha value is -2.61. The number of nitrogens with zero attached hydrogens (tertiary/aromatic N) is 3. The van der Waals surface area contributed by atoms with E-state index in [0.717, 1.165) is 49.1 Å². The molecule has 1 aromatic rings. The molecular weight excluding hydrogens is 456 g/mol. The summed E-state index contributed by atoms with van der Waals surface area (Å²) in [5.41, 5.74) is 1.93. The minimum atomic E-state index is -0.0223. The molecule has 0 spiro atoms. The van der Waals surface area contributed by atoms with Crippen molar-refractivity contribution in [1.82, 2.24) is 15.1 Å². The maximum Gasteiger partial charge on any atom is 0.246 e. The van der Waals surface area contributed by atoms with Crippen LogP contribution in [0.3, 0.4) is 0 Å². The second-order valence-electron chi connectivity index (χ2n) is 10.4. The first-order valence-corrected chi connectivity index (χ1v) is 13.9. The Morgan fingerprint density at radius 1 is 1.22 bits per heavy atom. The topological polar surface area (TPSA) is 94.5 Å². The summed E-state index contributed by atoms with van der Waals surface area (Å²) in [5.74, 6) is 2.20. The molecule has 0 radical (unpaired) electrons. The van der Waals surface area contributed by atoms with Gasteiger partial charge in [-0.2, -0.15) is 0 Å². The molecule has 1 saturated heterocycles. The molecule has 2 N–H and O–H groups in total. The molecule has 8 nitrogen and oxygen atoms in total. The van der Waals surface area contributed by atoms with Gasteiger partial charge in [0, 0.05) is 31.1 Å². The monoisotopic (exact) mass is 498 g/mol. The van der Waals surface area contributed by atoms with E-state index in [2.05, 4.69) is 17.2 Å². The highest BCUT2D eigenvalue weighted by atomic mass is 16.5. The fourth-order valence-electron chi connectivity index (χ4n) is 5.86. The summed E-state index contributed by atoms with van der Waals surface area (Å²) in [4.78, 5) is 33.2. The highest BCUT2D eigenvalue weighted by Crippen LogP contribution is 2.32. The minimum Gasteiger partial charge on any atom is -0.494 e. The highest BCUT2D eigenvalue weighted by Gasteiger charge is 2.31. The van der Waals surface area contributed by atoms with Crippen LogP contribution in [0.2, 0.25) is 0 Å². The summed E-state index contributed by atoms with van der Waals surface area (Å²) in [7, 11) is 0. The molecule has 198 valence electrons. The van der Waals surface area contributed by atoms with E-state index in [9.17, 15) is 14.7 Å². The van der Waals surface area contributed by atoms with Crippen LogP contribution in [0.25, 0.3) is 0 Å². The summed E-state index contributed by atoms with van der Waals surface area (Å²) < 4.78 is 5.97. The van der Waals surface area contributed by atoms with Gasteiger partial charge in [-0.3, -0.25) is 14.9 Å². The Labute approximate surface area is 215 Å². The van der Waals surface area contributed by atoms with Crippen LogP contribution in [-0.2, 0) is 16.1 Å². The highest BCUT2D eigenvalue weighted by molar-refractivity contribution is 6.05. The lowest BCUT2D eigenvalue weighted by molar-refractivity contribution is -0.136. The number of benzene rings is 1. The van der Waals surface area contributed by atoms with Gasteiger partial charge in [-0.1, -0.05) is 32.6 Å². The summed E-state index contributed by atoms with van der Waals surface area (Å²) in [6.45, 7) is 4.27. The van der Waals surface area contributed by atoms with Gasteiger partial charge < -0.3 is 19.6 Å². The Morgan fingerprint density at radius 3 is 2.83 bits per heavy atom. The molecule has 2 heterocycles. The third kappa shape index (κ3) is 6.78. The van der Waals surface area contributed by atoms with E-state index in [-0.39, 0.29) is 24.5 Å². The molecule has 8 heteroatoms. The molecule has 1 aromatic carbocycles. The predicted octanol–water partition coefficient (Wildman–Crippen LogP) is 4.13.